The number of carbonyl (C=O) groups is 3. The number of aliphatic hydroxyl groups is 1. The van der Waals surface area contributed by atoms with E-state index in [0.717, 1.165) is 5.57 Å². The van der Waals surface area contributed by atoms with E-state index in [4.69, 9.17) is 9.47 Å². The Balaban J connectivity index is 2.64. The van der Waals surface area contributed by atoms with E-state index in [1.807, 2.05) is 46.8 Å². The number of allylic oxidation sites excluding steroid dienone is 4. The quantitative estimate of drug-likeness (QED) is 0.154. The zero-order valence-corrected chi connectivity index (χ0v) is 23.5. The van der Waals surface area contributed by atoms with Gasteiger partial charge in [-0.3, -0.25) is 9.59 Å². The van der Waals surface area contributed by atoms with Crippen LogP contribution in [0.1, 0.15) is 60.8 Å². The third-order valence-corrected chi connectivity index (χ3v) is 5.73. The van der Waals surface area contributed by atoms with Crippen molar-refractivity contribution >= 4 is 17.8 Å². The molecule has 38 heavy (non-hydrogen) atoms. The highest BCUT2D eigenvalue weighted by molar-refractivity contribution is 5.93. The van der Waals surface area contributed by atoms with Gasteiger partial charge in [0, 0.05) is 24.8 Å². The van der Waals surface area contributed by atoms with Crippen molar-refractivity contribution in [1.29, 1.82) is 0 Å². The number of cyclic esters (lactones) is 1. The monoisotopic (exact) mass is 526 g/mol. The largest absolute Gasteiger partial charge is 0.490 e. The Morgan fingerprint density at radius 3 is 2.58 bits per heavy atom. The average molecular weight is 527 g/mol. The van der Waals surface area contributed by atoms with Crippen LogP contribution in [-0.2, 0) is 23.9 Å². The summed E-state index contributed by atoms with van der Waals surface area (Å²) in [5, 5.41) is 15.2. The molecule has 0 spiro atoms. The molecule has 0 saturated carbocycles. The molecular formula is C30H42N2O6. The molecule has 0 fully saturated rings. The summed E-state index contributed by atoms with van der Waals surface area (Å²) in [5.41, 5.74) is 0.427. The van der Waals surface area contributed by atoms with Crippen LogP contribution in [0.4, 0.5) is 0 Å². The van der Waals surface area contributed by atoms with Crippen LogP contribution >= 0.6 is 0 Å². The molecule has 8 nitrogen and oxygen atoms in total. The molecule has 2 amide bonds. The van der Waals surface area contributed by atoms with E-state index in [0.29, 0.717) is 19.3 Å². The molecule has 0 aromatic carbocycles. The van der Waals surface area contributed by atoms with Crippen LogP contribution in [0.5, 0.6) is 0 Å². The topological polar surface area (TPSA) is 114 Å². The van der Waals surface area contributed by atoms with Crippen LogP contribution in [-0.4, -0.2) is 48.2 Å². The fourth-order valence-corrected chi connectivity index (χ4v) is 3.59. The zero-order valence-electron chi connectivity index (χ0n) is 23.5. The maximum absolute atomic E-state index is 12.7. The van der Waals surface area contributed by atoms with E-state index in [9.17, 15) is 19.5 Å². The molecule has 208 valence electrons. The van der Waals surface area contributed by atoms with Gasteiger partial charge in [-0.1, -0.05) is 63.6 Å². The first-order valence-electron chi connectivity index (χ1n) is 12.7. The number of amides is 2. The number of hydrogen-bond acceptors (Lipinski definition) is 6. The smallest absolute Gasteiger partial charge is 0.373 e. The Kier molecular flexibility index (Phi) is 13.9. The normalized spacial score (nSPS) is 18.8. The predicted octanol–water partition coefficient (Wildman–Crippen LogP) is 3.85. The summed E-state index contributed by atoms with van der Waals surface area (Å²) in [4.78, 5) is 37.0. The molecule has 0 bridgehead atoms. The van der Waals surface area contributed by atoms with Crippen LogP contribution in [0.3, 0.4) is 0 Å². The first kappa shape index (κ1) is 32.5. The van der Waals surface area contributed by atoms with Crippen molar-refractivity contribution in [3.63, 3.8) is 0 Å². The molecule has 1 aliphatic heterocycles. The number of methoxy groups -OCH3 is 1. The van der Waals surface area contributed by atoms with E-state index in [-0.39, 0.29) is 23.7 Å². The second-order valence-electron chi connectivity index (χ2n) is 10.2. The van der Waals surface area contributed by atoms with Gasteiger partial charge in [0.15, 0.2) is 5.76 Å². The first-order chi connectivity index (χ1) is 17.9. The highest BCUT2D eigenvalue weighted by atomic mass is 16.6. The summed E-state index contributed by atoms with van der Waals surface area (Å²) >= 11 is 0. The Labute approximate surface area is 226 Å². The Hall–Kier alpha value is -3.57. The lowest BCUT2D eigenvalue weighted by Crippen LogP contribution is -2.52. The molecule has 1 unspecified atom stereocenters. The summed E-state index contributed by atoms with van der Waals surface area (Å²) in [6.45, 7) is 11.2. The Bertz CT molecular complexity index is 1030. The fourth-order valence-electron chi connectivity index (χ4n) is 3.59. The average Bonchev–Trinajstić information content (AvgIpc) is 2.85. The molecule has 0 aromatic rings. The third kappa shape index (κ3) is 12.1. The summed E-state index contributed by atoms with van der Waals surface area (Å²) in [7, 11) is 1.44. The summed E-state index contributed by atoms with van der Waals surface area (Å²) < 4.78 is 10.4. The second kappa shape index (κ2) is 16.3. The number of ether oxygens (including phenoxy) is 2. The van der Waals surface area contributed by atoms with Gasteiger partial charge >= 0.3 is 5.97 Å². The van der Waals surface area contributed by atoms with Gasteiger partial charge < -0.3 is 25.2 Å². The summed E-state index contributed by atoms with van der Waals surface area (Å²) in [5.74, 6) is 4.56. The fraction of sp³-hybridized carbons (Fsp3) is 0.500. The van der Waals surface area contributed by atoms with Gasteiger partial charge in [0.05, 0.1) is 13.2 Å². The molecular weight excluding hydrogens is 484 g/mol. The Morgan fingerprint density at radius 2 is 1.97 bits per heavy atom. The predicted molar refractivity (Wildman–Crippen MR) is 148 cm³/mol. The van der Waals surface area contributed by atoms with Crippen LogP contribution in [0.15, 0.2) is 60.1 Å². The van der Waals surface area contributed by atoms with Gasteiger partial charge in [0.25, 0.3) is 0 Å². The van der Waals surface area contributed by atoms with E-state index in [1.54, 1.807) is 31.2 Å². The SMILES string of the molecule is CC#CC[C@H](O)C/C=C\NC(=O)C(NC(=O)\C=C/C=C\C(C)=C\[C@H](C)[C@@H]1CC=C(OC)C(=O)O1)C(C)(C)C. The number of rotatable bonds is 12. The number of aliphatic hydroxyl groups excluding tert-OH is 1. The lowest BCUT2D eigenvalue weighted by molar-refractivity contribution is -0.151. The highest BCUT2D eigenvalue weighted by Crippen LogP contribution is 2.23. The summed E-state index contributed by atoms with van der Waals surface area (Å²) in [6.07, 6.45) is 13.9. The first-order valence-corrected chi connectivity index (χ1v) is 12.7. The summed E-state index contributed by atoms with van der Waals surface area (Å²) in [6, 6.07) is -0.766. The van der Waals surface area contributed by atoms with Crippen LogP contribution in [0.2, 0.25) is 0 Å². The van der Waals surface area contributed by atoms with Gasteiger partial charge in [-0.25, -0.2) is 4.79 Å². The van der Waals surface area contributed by atoms with E-state index in [2.05, 4.69) is 22.5 Å². The molecule has 0 saturated heterocycles. The minimum atomic E-state index is -0.766. The van der Waals surface area contributed by atoms with Crippen molar-refractivity contribution < 1.29 is 29.0 Å². The van der Waals surface area contributed by atoms with Crippen molar-refractivity contribution in [2.75, 3.05) is 7.11 Å². The third-order valence-electron chi connectivity index (χ3n) is 5.73. The number of carbonyl (C=O) groups excluding carboxylic acids is 3. The standard InChI is InChI=1S/C30H42N2O6/c1-8-9-14-23(33)15-12-19-31-28(35)27(30(4,5)6)32-26(34)16-11-10-13-21(2)20-22(3)24-17-18-25(37-7)29(36)38-24/h10-13,16,18-20,22-24,27,33H,14-15,17H2,1-7H3,(H,31,35)(H,32,34)/b13-10-,16-11-,19-12-,21-20+/t22-,23-,24-,27?/m0/s1. The van der Waals surface area contributed by atoms with Crippen molar-refractivity contribution in [3.8, 4) is 11.8 Å². The zero-order chi connectivity index (χ0) is 28.7. The molecule has 0 aromatic heterocycles. The maximum atomic E-state index is 12.7. The number of esters is 1. The van der Waals surface area contributed by atoms with Crippen LogP contribution in [0.25, 0.3) is 0 Å². The molecule has 1 aliphatic rings. The molecule has 3 N–H and O–H groups in total. The van der Waals surface area contributed by atoms with E-state index in [1.165, 1.54) is 19.4 Å². The molecule has 1 heterocycles. The molecule has 0 aliphatic carbocycles. The van der Waals surface area contributed by atoms with Gasteiger partial charge in [0.1, 0.15) is 12.1 Å². The minimum Gasteiger partial charge on any atom is -0.490 e. The molecule has 1 rings (SSSR count). The van der Waals surface area contributed by atoms with Crippen molar-refractivity contribution in [3.05, 3.63) is 60.1 Å². The lowest BCUT2D eigenvalue weighted by atomic mass is 9.86. The highest BCUT2D eigenvalue weighted by Gasteiger charge is 2.32. The van der Waals surface area contributed by atoms with Gasteiger partial charge in [-0.05, 0) is 38.0 Å². The minimum absolute atomic E-state index is 0.00100. The van der Waals surface area contributed by atoms with Crippen LogP contribution < -0.4 is 10.6 Å². The Morgan fingerprint density at radius 1 is 1.29 bits per heavy atom. The number of nitrogens with one attached hydrogen (secondary N) is 2. The lowest BCUT2D eigenvalue weighted by Gasteiger charge is -2.29. The van der Waals surface area contributed by atoms with Crippen LogP contribution in [0, 0.1) is 23.2 Å². The van der Waals surface area contributed by atoms with E-state index >= 15 is 0 Å². The van der Waals surface area contributed by atoms with Gasteiger partial charge in [-0.15, -0.1) is 11.8 Å². The second-order valence-corrected chi connectivity index (χ2v) is 10.2. The maximum Gasteiger partial charge on any atom is 0.373 e. The molecule has 0 radical (unpaired) electrons. The number of hydrogen-bond donors (Lipinski definition) is 3. The molecule has 4 atom stereocenters. The van der Waals surface area contributed by atoms with Crippen molar-refractivity contribution in [1.82, 2.24) is 10.6 Å². The van der Waals surface area contributed by atoms with Crippen molar-refractivity contribution in [2.45, 2.75) is 79.1 Å². The van der Waals surface area contributed by atoms with E-state index < -0.39 is 29.4 Å². The van der Waals surface area contributed by atoms with Crippen molar-refractivity contribution in [2.24, 2.45) is 11.3 Å². The van der Waals surface area contributed by atoms with Gasteiger partial charge in [-0.2, -0.15) is 0 Å². The van der Waals surface area contributed by atoms with Gasteiger partial charge in [0.2, 0.25) is 11.8 Å². The molecule has 8 heteroatoms.